The number of imide groups is 1. The Balaban J connectivity index is 1.65. The number of nitrogens with one attached hydrogen (secondary N) is 1. The van der Waals surface area contributed by atoms with Crippen molar-refractivity contribution in [1.29, 1.82) is 0 Å². The quantitative estimate of drug-likeness (QED) is 0.874. The lowest BCUT2D eigenvalue weighted by Crippen LogP contribution is -2.40. The molecule has 0 unspecified atom stereocenters. The second-order valence-corrected chi connectivity index (χ2v) is 6.44. The summed E-state index contributed by atoms with van der Waals surface area (Å²) < 4.78 is 10.7. The average molecular weight is 338 g/mol. The lowest BCUT2D eigenvalue weighted by molar-refractivity contribution is -0.131. The van der Waals surface area contributed by atoms with Crippen LogP contribution in [0.4, 0.5) is 4.79 Å². The molecule has 0 aliphatic carbocycles. The van der Waals surface area contributed by atoms with E-state index in [4.69, 9.17) is 9.47 Å². The number of carbonyl (C=O) groups is 2. The normalized spacial score (nSPS) is 21.6. The molecule has 128 valence electrons. The molecule has 2 aromatic rings. The van der Waals surface area contributed by atoms with Crippen LogP contribution < -0.4 is 14.8 Å². The van der Waals surface area contributed by atoms with Crippen molar-refractivity contribution in [2.75, 3.05) is 6.79 Å². The molecule has 2 heterocycles. The Morgan fingerprint density at radius 3 is 2.68 bits per heavy atom. The van der Waals surface area contributed by atoms with E-state index in [1.807, 2.05) is 31.2 Å². The fraction of sp³-hybridized carbons (Fsp3) is 0.263. The summed E-state index contributed by atoms with van der Waals surface area (Å²) in [7, 11) is 0. The molecule has 1 fully saturated rings. The molecule has 0 saturated carbocycles. The fourth-order valence-corrected chi connectivity index (χ4v) is 3.20. The molecule has 0 radical (unpaired) electrons. The van der Waals surface area contributed by atoms with E-state index >= 15 is 0 Å². The second-order valence-electron chi connectivity index (χ2n) is 6.44. The molecule has 1 atom stereocenters. The lowest BCUT2D eigenvalue weighted by Gasteiger charge is -2.22. The summed E-state index contributed by atoms with van der Waals surface area (Å²) in [6.45, 7) is 4.08. The van der Waals surface area contributed by atoms with Gasteiger partial charge in [0.1, 0.15) is 5.54 Å². The van der Waals surface area contributed by atoms with E-state index in [1.54, 1.807) is 25.1 Å². The second kappa shape index (κ2) is 5.51. The molecule has 2 aliphatic rings. The van der Waals surface area contributed by atoms with E-state index in [2.05, 4.69) is 5.32 Å². The largest absolute Gasteiger partial charge is 0.454 e. The van der Waals surface area contributed by atoms with Gasteiger partial charge in [-0.3, -0.25) is 9.69 Å². The third-order valence-corrected chi connectivity index (χ3v) is 4.81. The molecule has 0 bridgehead atoms. The van der Waals surface area contributed by atoms with Gasteiger partial charge in [-0.2, -0.15) is 0 Å². The van der Waals surface area contributed by atoms with Gasteiger partial charge in [0.05, 0.1) is 6.54 Å². The highest BCUT2D eigenvalue weighted by Gasteiger charge is 2.49. The Bertz CT molecular complexity index is 879. The van der Waals surface area contributed by atoms with Gasteiger partial charge in [-0.15, -0.1) is 0 Å². The first-order valence-corrected chi connectivity index (χ1v) is 8.08. The number of urea groups is 1. The summed E-state index contributed by atoms with van der Waals surface area (Å²) in [6, 6.07) is 12.6. The summed E-state index contributed by atoms with van der Waals surface area (Å²) in [4.78, 5) is 26.7. The van der Waals surface area contributed by atoms with Crippen molar-refractivity contribution in [1.82, 2.24) is 10.2 Å². The average Bonchev–Trinajstić information content (AvgIpc) is 3.15. The van der Waals surface area contributed by atoms with Gasteiger partial charge in [-0.25, -0.2) is 4.79 Å². The summed E-state index contributed by atoms with van der Waals surface area (Å²) in [6.07, 6.45) is 0. The number of nitrogens with zero attached hydrogens (tertiary/aromatic N) is 1. The Kier molecular flexibility index (Phi) is 3.42. The number of rotatable bonds is 3. The highest BCUT2D eigenvalue weighted by molar-refractivity contribution is 6.07. The van der Waals surface area contributed by atoms with Crippen molar-refractivity contribution in [3.8, 4) is 11.5 Å². The standard InChI is InChI=1S/C19H18N2O4/c1-12-5-3-4-6-13(12)10-21-17(22)19(2,20-18(21)23)14-7-8-15-16(9-14)25-11-24-15/h3-9H,10-11H2,1-2H3,(H,20,23)/t19-/m0/s1. The number of benzene rings is 2. The van der Waals surface area contributed by atoms with Crippen LogP contribution in [-0.2, 0) is 16.9 Å². The smallest absolute Gasteiger partial charge is 0.325 e. The minimum Gasteiger partial charge on any atom is -0.454 e. The zero-order valence-electron chi connectivity index (χ0n) is 14.0. The third-order valence-electron chi connectivity index (χ3n) is 4.81. The highest BCUT2D eigenvalue weighted by atomic mass is 16.7. The van der Waals surface area contributed by atoms with Gasteiger partial charge in [0, 0.05) is 0 Å². The van der Waals surface area contributed by atoms with Crippen LogP contribution in [0.25, 0.3) is 0 Å². The third kappa shape index (κ3) is 2.41. The molecule has 6 nitrogen and oxygen atoms in total. The zero-order chi connectivity index (χ0) is 17.6. The first-order valence-electron chi connectivity index (χ1n) is 8.08. The molecule has 0 aromatic heterocycles. The number of carbonyl (C=O) groups excluding carboxylic acids is 2. The van der Waals surface area contributed by atoms with Crippen LogP contribution in [0.15, 0.2) is 42.5 Å². The monoisotopic (exact) mass is 338 g/mol. The maximum absolute atomic E-state index is 13.0. The van der Waals surface area contributed by atoms with Gasteiger partial charge in [-0.1, -0.05) is 30.3 Å². The highest BCUT2D eigenvalue weighted by Crippen LogP contribution is 2.38. The summed E-state index contributed by atoms with van der Waals surface area (Å²) in [5, 5.41) is 2.82. The zero-order valence-corrected chi connectivity index (χ0v) is 14.0. The maximum atomic E-state index is 13.0. The van der Waals surface area contributed by atoms with Crippen molar-refractivity contribution in [3.05, 3.63) is 59.2 Å². The van der Waals surface area contributed by atoms with Crippen molar-refractivity contribution in [3.63, 3.8) is 0 Å². The van der Waals surface area contributed by atoms with Gasteiger partial charge in [0.2, 0.25) is 6.79 Å². The lowest BCUT2D eigenvalue weighted by atomic mass is 9.91. The van der Waals surface area contributed by atoms with Gasteiger partial charge >= 0.3 is 6.03 Å². The Hall–Kier alpha value is -3.02. The van der Waals surface area contributed by atoms with Crippen LogP contribution >= 0.6 is 0 Å². The predicted octanol–water partition coefficient (Wildman–Crippen LogP) is 2.69. The van der Waals surface area contributed by atoms with E-state index in [0.717, 1.165) is 11.1 Å². The van der Waals surface area contributed by atoms with Crippen LogP contribution in [0.5, 0.6) is 11.5 Å². The van der Waals surface area contributed by atoms with Crippen LogP contribution in [0.3, 0.4) is 0 Å². The van der Waals surface area contributed by atoms with Gasteiger partial charge in [0.25, 0.3) is 5.91 Å². The van der Waals surface area contributed by atoms with Gasteiger partial charge in [-0.05, 0) is 42.7 Å². The molecule has 2 aliphatic heterocycles. The Labute approximate surface area is 145 Å². The molecule has 25 heavy (non-hydrogen) atoms. The first kappa shape index (κ1) is 15.5. The van der Waals surface area contributed by atoms with E-state index < -0.39 is 11.6 Å². The minimum atomic E-state index is -1.12. The van der Waals surface area contributed by atoms with E-state index in [-0.39, 0.29) is 19.2 Å². The molecular formula is C19H18N2O4. The predicted molar refractivity (Wildman–Crippen MR) is 90.2 cm³/mol. The van der Waals surface area contributed by atoms with Crippen LogP contribution in [0.2, 0.25) is 0 Å². The Morgan fingerprint density at radius 1 is 1.12 bits per heavy atom. The molecule has 1 saturated heterocycles. The fourth-order valence-electron chi connectivity index (χ4n) is 3.20. The summed E-state index contributed by atoms with van der Waals surface area (Å²) in [5.74, 6) is 0.943. The summed E-state index contributed by atoms with van der Waals surface area (Å²) >= 11 is 0. The SMILES string of the molecule is Cc1ccccc1CN1C(=O)N[C@@](C)(c2ccc3c(c2)OCO3)C1=O. The van der Waals surface area contributed by atoms with Gasteiger partial charge in [0.15, 0.2) is 11.5 Å². The number of amides is 3. The number of ether oxygens (including phenoxy) is 2. The van der Waals surface area contributed by atoms with E-state index in [1.165, 1.54) is 4.90 Å². The Morgan fingerprint density at radius 2 is 1.88 bits per heavy atom. The molecular weight excluding hydrogens is 320 g/mol. The van der Waals surface area contributed by atoms with Crippen LogP contribution in [-0.4, -0.2) is 23.6 Å². The van der Waals surface area contributed by atoms with Crippen molar-refractivity contribution in [2.45, 2.75) is 25.9 Å². The molecule has 2 aromatic carbocycles. The number of fused-ring (bicyclic) bond motifs is 1. The van der Waals surface area contributed by atoms with Crippen LogP contribution in [0.1, 0.15) is 23.6 Å². The minimum absolute atomic E-state index is 0.162. The van der Waals surface area contributed by atoms with Crippen molar-refractivity contribution < 1.29 is 19.1 Å². The van der Waals surface area contributed by atoms with E-state index in [9.17, 15) is 9.59 Å². The molecule has 6 heteroatoms. The molecule has 3 amide bonds. The van der Waals surface area contributed by atoms with Gasteiger partial charge < -0.3 is 14.8 Å². The number of hydrogen-bond donors (Lipinski definition) is 1. The van der Waals surface area contributed by atoms with Crippen LogP contribution in [0, 0.1) is 6.92 Å². The topological polar surface area (TPSA) is 67.9 Å². The maximum Gasteiger partial charge on any atom is 0.325 e. The molecule has 4 rings (SSSR count). The van der Waals surface area contributed by atoms with Crippen molar-refractivity contribution in [2.24, 2.45) is 0 Å². The molecule has 1 N–H and O–H groups in total. The first-order chi connectivity index (χ1) is 12.0. The van der Waals surface area contributed by atoms with Crippen molar-refractivity contribution >= 4 is 11.9 Å². The summed E-state index contributed by atoms with van der Waals surface area (Å²) in [5.41, 5.74) is 1.53. The number of aryl methyl sites for hydroxylation is 1. The molecule has 0 spiro atoms. The number of hydrogen-bond acceptors (Lipinski definition) is 4. The van der Waals surface area contributed by atoms with E-state index in [0.29, 0.717) is 17.1 Å².